The molecule has 2 aliphatic rings. The third kappa shape index (κ3) is 3.32. The number of esters is 1. The van der Waals surface area contributed by atoms with Crippen LogP contribution in [0.4, 0.5) is 0 Å². The summed E-state index contributed by atoms with van der Waals surface area (Å²) in [5, 5.41) is 0. The van der Waals surface area contributed by atoms with Crippen LogP contribution in [0, 0.1) is 22.2 Å². The number of Topliss-reactive ketones (excluding diaryl/α,β-unsaturated/α-hetero) is 1. The van der Waals surface area contributed by atoms with Crippen LogP contribution in [0.2, 0.25) is 0 Å². The van der Waals surface area contributed by atoms with Gasteiger partial charge in [-0.3, -0.25) is 9.59 Å². The minimum absolute atomic E-state index is 0.152. The molecule has 1 spiro atoms. The van der Waals surface area contributed by atoms with E-state index in [9.17, 15) is 9.59 Å². The van der Waals surface area contributed by atoms with Gasteiger partial charge < -0.3 is 4.74 Å². The predicted octanol–water partition coefficient (Wildman–Crippen LogP) is 4.14. The molecule has 21 heavy (non-hydrogen) atoms. The molecule has 2 saturated carbocycles. The fraction of sp³-hybridized carbons (Fsp3) is 0.889. The van der Waals surface area contributed by atoms with E-state index in [1.165, 1.54) is 0 Å². The Hall–Kier alpha value is -0.860. The van der Waals surface area contributed by atoms with Crippen molar-refractivity contribution in [2.24, 2.45) is 22.2 Å². The lowest BCUT2D eigenvalue weighted by atomic mass is 9.69. The zero-order valence-electron chi connectivity index (χ0n) is 14.3. The van der Waals surface area contributed by atoms with E-state index in [2.05, 4.69) is 27.7 Å². The molecule has 0 aliphatic heterocycles. The van der Waals surface area contributed by atoms with E-state index < -0.39 is 5.92 Å². The fourth-order valence-corrected chi connectivity index (χ4v) is 4.96. The fourth-order valence-electron chi connectivity index (χ4n) is 4.96. The zero-order valence-corrected chi connectivity index (χ0v) is 14.3. The predicted molar refractivity (Wildman–Crippen MR) is 82.8 cm³/mol. The second kappa shape index (κ2) is 5.40. The van der Waals surface area contributed by atoms with Gasteiger partial charge in [-0.25, -0.2) is 0 Å². The Bertz CT molecular complexity index is 436. The summed E-state index contributed by atoms with van der Waals surface area (Å²) in [5.41, 5.74) is 0.142. The molecule has 0 saturated heterocycles. The minimum atomic E-state index is -0.512. The molecule has 0 radical (unpaired) electrons. The van der Waals surface area contributed by atoms with Crippen LogP contribution in [0.15, 0.2) is 0 Å². The third-order valence-corrected chi connectivity index (χ3v) is 5.38. The summed E-state index contributed by atoms with van der Waals surface area (Å²) in [6, 6.07) is 0. The first-order valence-electron chi connectivity index (χ1n) is 8.32. The molecule has 2 rings (SSSR count). The van der Waals surface area contributed by atoms with Crippen molar-refractivity contribution in [3.63, 3.8) is 0 Å². The quantitative estimate of drug-likeness (QED) is 0.568. The number of hydrogen-bond acceptors (Lipinski definition) is 3. The second-order valence-electron chi connectivity index (χ2n) is 8.67. The van der Waals surface area contributed by atoms with Crippen LogP contribution >= 0.6 is 0 Å². The first-order valence-corrected chi connectivity index (χ1v) is 8.32. The highest BCUT2D eigenvalue weighted by molar-refractivity contribution is 6.03. The van der Waals surface area contributed by atoms with Gasteiger partial charge in [0.05, 0.1) is 6.61 Å². The van der Waals surface area contributed by atoms with Gasteiger partial charge >= 0.3 is 5.97 Å². The highest BCUT2D eigenvalue weighted by Crippen LogP contribution is 2.56. The van der Waals surface area contributed by atoms with E-state index in [1.54, 1.807) is 6.92 Å². The Morgan fingerprint density at radius 1 is 1.10 bits per heavy atom. The molecule has 0 N–H and O–H groups in total. The molecule has 0 bridgehead atoms. The van der Waals surface area contributed by atoms with Crippen LogP contribution in [-0.2, 0) is 14.3 Å². The Balaban J connectivity index is 2.23. The molecule has 2 fully saturated rings. The lowest BCUT2D eigenvalue weighted by molar-refractivity contribution is -0.152. The third-order valence-electron chi connectivity index (χ3n) is 5.38. The lowest BCUT2D eigenvalue weighted by Crippen LogP contribution is -2.35. The van der Waals surface area contributed by atoms with Gasteiger partial charge in [0, 0.05) is 5.41 Å². The Morgan fingerprint density at radius 2 is 1.76 bits per heavy atom. The normalized spacial score (nSPS) is 34.7. The summed E-state index contributed by atoms with van der Waals surface area (Å²) in [5.74, 6) is -0.658. The molecule has 2 unspecified atom stereocenters. The molecule has 0 aromatic carbocycles. The standard InChI is InChI=1S/C18H30O3/c1-6-21-15(20)13-7-8-18(14(13)19)10-9-16(2,3)11-17(4,5)12-18/h13H,6-12H2,1-5H3. The number of carbonyl (C=O) groups is 2. The van der Waals surface area contributed by atoms with Crippen LogP contribution in [0.1, 0.15) is 73.1 Å². The number of carbonyl (C=O) groups excluding carboxylic acids is 2. The van der Waals surface area contributed by atoms with Crippen molar-refractivity contribution in [3.8, 4) is 0 Å². The summed E-state index contributed by atoms with van der Waals surface area (Å²) < 4.78 is 5.09. The SMILES string of the molecule is CCOC(=O)C1CCC2(CCC(C)(C)CC(C)(C)C2)C1=O. The summed E-state index contributed by atoms with van der Waals surface area (Å²) in [4.78, 5) is 25.0. The van der Waals surface area contributed by atoms with E-state index in [0.717, 1.165) is 32.1 Å². The second-order valence-corrected chi connectivity index (χ2v) is 8.67. The van der Waals surface area contributed by atoms with Gasteiger partial charge in [-0.15, -0.1) is 0 Å². The van der Waals surface area contributed by atoms with E-state index in [-0.39, 0.29) is 28.0 Å². The molecule has 2 aliphatic carbocycles. The first-order chi connectivity index (χ1) is 9.61. The molecule has 0 amide bonds. The van der Waals surface area contributed by atoms with E-state index in [0.29, 0.717) is 13.0 Å². The van der Waals surface area contributed by atoms with Crippen molar-refractivity contribution in [1.82, 2.24) is 0 Å². The van der Waals surface area contributed by atoms with Gasteiger partial charge in [0.2, 0.25) is 0 Å². The maximum Gasteiger partial charge on any atom is 0.316 e. The molecule has 0 heterocycles. The summed E-state index contributed by atoms with van der Waals surface area (Å²) >= 11 is 0. The zero-order chi connectivity index (χ0) is 15.9. The van der Waals surface area contributed by atoms with Gasteiger partial charge in [0.1, 0.15) is 5.92 Å². The molecule has 3 nitrogen and oxygen atoms in total. The average molecular weight is 294 g/mol. The smallest absolute Gasteiger partial charge is 0.316 e. The van der Waals surface area contributed by atoms with Crippen LogP contribution in [-0.4, -0.2) is 18.4 Å². The first kappa shape index (κ1) is 16.5. The topological polar surface area (TPSA) is 43.4 Å². The summed E-state index contributed by atoms with van der Waals surface area (Å²) in [6.45, 7) is 11.3. The number of hydrogen-bond donors (Lipinski definition) is 0. The van der Waals surface area contributed by atoms with Crippen LogP contribution in [0.5, 0.6) is 0 Å². The van der Waals surface area contributed by atoms with Gasteiger partial charge in [-0.1, -0.05) is 27.7 Å². The molecule has 3 heteroatoms. The van der Waals surface area contributed by atoms with E-state index >= 15 is 0 Å². The van der Waals surface area contributed by atoms with Crippen molar-refractivity contribution in [2.45, 2.75) is 73.1 Å². The van der Waals surface area contributed by atoms with Crippen LogP contribution < -0.4 is 0 Å². The maximum atomic E-state index is 12.9. The van der Waals surface area contributed by atoms with Crippen LogP contribution in [0.25, 0.3) is 0 Å². The molecule has 0 aromatic heterocycles. The van der Waals surface area contributed by atoms with Gasteiger partial charge in [0.25, 0.3) is 0 Å². The summed E-state index contributed by atoms with van der Waals surface area (Å²) in [7, 11) is 0. The van der Waals surface area contributed by atoms with Gasteiger partial charge in [-0.05, 0) is 56.3 Å². The Morgan fingerprint density at radius 3 is 2.38 bits per heavy atom. The van der Waals surface area contributed by atoms with Crippen molar-refractivity contribution >= 4 is 11.8 Å². The molecule has 0 aromatic rings. The van der Waals surface area contributed by atoms with Gasteiger partial charge in [0.15, 0.2) is 5.78 Å². The largest absolute Gasteiger partial charge is 0.465 e. The monoisotopic (exact) mass is 294 g/mol. The molecule has 2 atom stereocenters. The highest BCUT2D eigenvalue weighted by atomic mass is 16.5. The van der Waals surface area contributed by atoms with Crippen LogP contribution in [0.3, 0.4) is 0 Å². The van der Waals surface area contributed by atoms with Crippen molar-refractivity contribution < 1.29 is 14.3 Å². The molecular weight excluding hydrogens is 264 g/mol. The average Bonchev–Trinajstić information content (AvgIpc) is 2.58. The Kier molecular flexibility index (Phi) is 4.25. The molecular formula is C18H30O3. The number of ether oxygens (including phenoxy) is 1. The van der Waals surface area contributed by atoms with E-state index in [1.807, 2.05) is 0 Å². The van der Waals surface area contributed by atoms with Gasteiger partial charge in [-0.2, -0.15) is 0 Å². The minimum Gasteiger partial charge on any atom is -0.465 e. The van der Waals surface area contributed by atoms with E-state index in [4.69, 9.17) is 4.74 Å². The number of rotatable bonds is 2. The highest BCUT2D eigenvalue weighted by Gasteiger charge is 2.54. The van der Waals surface area contributed by atoms with Crippen molar-refractivity contribution in [1.29, 1.82) is 0 Å². The lowest BCUT2D eigenvalue weighted by Gasteiger charge is -2.35. The maximum absolute atomic E-state index is 12.9. The summed E-state index contributed by atoms with van der Waals surface area (Å²) in [6.07, 6.45) is 5.58. The number of ketones is 1. The van der Waals surface area contributed by atoms with Crippen molar-refractivity contribution in [3.05, 3.63) is 0 Å². The van der Waals surface area contributed by atoms with Crippen molar-refractivity contribution in [2.75, 3.05) is 6.61 Å². The molecule has 120 valence electrons. The Labute approximate surface area is 128 Å².